The molecule has 21 heavy (non-hydrogen) atoms. The van der Waals surface area contributed by atoms with Gasteiger partial charge in [0, 0.05) is 17.6 Å². The Morgan fingerprint density at radius 3 is 2.71 bits per heavy atom. The monoisotopic (exact) mass is 290 g/mol. The highest BCUT2D eigenvalue weighted by Gasteiger charge is 2.17. The molecule has 0 aliphatic heterocycles. The minimum Gasteiger partial charge on any atom is -0.500 e. The van der Waals surface area contributed by atoms with Gasteiger partial charge in [0.25, 0.3) is 5.56 Å². The van der Waals surface area contributed by atoms with Crippen LogP contribution in [0.3, 0.4) is 0 Å². The molecule has 3 N–H and O–H groups in total. The number of aromatic hydroxyl groups is 1. The highest BCUT2D eigenvalue weighted by molar-refractivity contribution is 5.89. The number of anilines is 1. The van der Waals surface area contributed by atoms with Gasteiger partial charge in [0.1, 0.15) is 0 Å². The second kappa shape index (κ2) is 6.52. The second-order valence-corrected chi connectivity index (χ2v) is 5.11. The Labute approximate surface area is 124 Å². The molecule has 1 heterocycles. The van der Waals surface area contributed by atoms with Gasteiger partial charge in [-0.15, -0.1) is 0 Å². The van der Waals surface area contributed by atoms with E-state index in [4.69, 9.17) is 10.5 Å². The predicted molar refractivity (Wildman–Crippen MR) is 85.0 cm³/mol. The summed E-state index contributed by atoms with van der Waals surface area (Å²) in [6.07, 6.45) is 2.64. The van der Waals surface area contributed by atoms with Crippen LogP contribution in [-0.4, -0.2) is 16.3 Å². The number of hydrogen-bond acceptors (Lipinski definition) is 4. The standard InChI is InChI=1S/C16H22N2O3/c1-3-5-9-21-15-12-7-6-11(17)10-13(12)18(8-4-2)16(20)14(15)19/h6-7,10,19H,3-5,8-9,17H2,1-2H3. The number of benzene rings is 1. The zero-order valence-electron chi connectivity index (χ0n) is 12.6. The Hall–Kier alpha value is -2.17. The van der Waals surface area contributed by atoms with E-state index in [1.807, 2.05) is 6.92 Å². The number of aromatic nitrogens is 1. The minimum atomic E-state index is -0.429. The van der Waals surface area contributed by atoms with Crippen molar-refractivity contribution in [3.05, 3.63) is 28.6 Å². The fraction of sp³-hybridized carbons (Fsp3) is 0.438. The molecule has 0 spiro atoms. The molecule has 0 saturated heterocycles. The summed E-state index contributed by atoms with van der Waals surface area (Å²) in [6, 6.07) is 5.28. The van der Waals surface area contributed by atoms with Crippen LogP contribution in [0.1, 0.15) is 33.1 Å². The minimum absolute atomic E-state index is 0.260. The number of nitrogens with zero attached hydrogens (tertiary/aromatic N) is 1. The summed E-state index contributed by atoms with van der Waals surface area (Å²) in [7, 11) is 0. The second-order valence-electron chi connectivity index (χ2n) is 5.11. The lowest BCUT2D eigenvalue weighted by atomic mass is 10.1. The molecule has 5 nitrogen and oxygen atoms in total. The molecule has 114 valence electrons. The molecule has 0 aliphatic rings. The third-order valence-corrected chi connectivity index (χ3v) is 3.41. The van der Waals surface area contributed by atoms with Gasteiger partial charge in [0.2, 0.25) is 5.75 Å². The van der Waals surface area contributed by atoms with Gasteiger partial charge in [-0.2, -0.15) is 0 Å². The highest BCUT2D eigenvalue weighted by Crippen LogP contribution is 2.33. The van der Waals surface area contributed by atoms with Crippen molar-refractivity contribution >= 4 is 16.6 Å². The van der Waals surface area contributed by atoms with Gasteiger partial charge in [-0.05, 0) is 31.0 Å². The summed E-state index contributed by atoms with van der Waals surface area (Å²) in [5.41, 5.74) is 6.68. The van der Waals surface area contributed by atoms with Crippen molar-refractivity contribution < 1.29 is 9.84 Å². The maximum Gasteiger partial charge on any atom is 0.297 e. The number of nitrogens with two attached hydrogens (primary N) is 1. The molecule has 1 aromatic carbocycles. The molecule has 0 fully saturated rings. The Kier molecular flexibility index (Phi) is 4.73. The van der Waals surface area contributed by atoms with E-state index in [0.717, 1.165) is 19.3 Å². The first-order valence-corrected chi connectivity index (χ1v) is 7.37. The van der Waals surface area contributed by atoms with Crippen LogP contribution < -0.4 is 16.0 Å². The Morgan fingerprint density at radius 1 is 1.29 bits per heavy atom. The third kappa shape index (κ3) is 2.96. The van der Waals surface area contributed by atoms with E-state index in [0.29, 0.717) is 29.7 Å². The van der Waals surface area contributed by atoms with E-state index in [9.17, 15) is 9.90 Å². The van der Waals surface area contributed by atoms with Crippen LogP contribution in [-0.2, 0) is 6.54 Å². The number of rotatable bonds is 6. The Morgan fingerprint density at radius 2 is 2.05 bits per heavy atom. The number of nitrogen functional groups attached to an aromatic ring is 1. The van der Waals surface area contributed by atoms with Crippen LogP contribution >= 0.6 is 0 Å². The zero-order chi connectivity index (χ0) is 15.4. The van der Waals surface area contributed by atoms with Gasteiger partial charge < -0.3 is 20.1 Å². The van der Waals surface area contributed by atoms with Crippen molar-refractivity contribution in [3.8, 4) is 11.5 Å². The Balaban J connectivity index is 2.66. The number of fused-ring (bicyclic) bond motifs is 1. The molecule has 5 heteroatoms. The van der Waals surface area contributed by atoms with E-state index in [1.54, 1.807) is 22.8 Å². The number of pyridine rings is 1. The summed E-state index contributed by atoms with van der Waals surface area (Å²) in [6.45, 7) is 5.04. The first kappa shape index (κ1) is 15.2. The average molecular weight is 290 g/mol. The summed E-state index contributed by atoms with van der Waals surface area (Å²) < 4.78 is 7.19. The van der Waals surface area contributed by atoms with Crippen molar-refractivity contribution in [2.24, 2.45) is 0 Å². The lowest BCUT2D eigenvalue weighted by Crippen LogP contribution is -2.21. The molecular weight excluding hydrogens is 268 g/mol. The van der Waals surface area contributed by atoms with Gasteiger partial charge in [0.15, 0.2) is 5.75 Å². The van der Waals surface area contributed by atoms with Crippen LogP contribution in [0, 0.1) is 0 Å². The lowest BCUT2D eigenvalue weighted by molar-refractivity contribution is 0.294. The first-order chi connectivity index (χ1) is 10.1. The molecular formula is C16H22N2O3. The van der Waals surface area contributed by atoms with Crippen molar-refractivity contribution in [1.82, 2.24) is 4.57 Å². The molecule has 0 bridgehead atoms. The summed E-state index contributed by atoms with van der Waals surface area (Å²) in [5, 5.41) is 10.9. The number of ether oxygens (including phenoxy) is 1. The van der Waals surface area contributed by atoms with Gasteiger partial charge in [0.05, 0.1) is 12.1 Å². The topological polar surface area (TPSA) is 77.5 Å². The molecule has 1 aromatic heterocycles. The molecule has 0 saturated carbocycles. The maximum atomic E-state index is 12.3. The predicted octanol–water partition coefficient (Wildman–Crippen LogP) is 2.88. The van der Waals surface area contributed by atoms with Crippen LogP contribution in [0.25, 0.3) is 10.9 Å². The smallest absolute Gasteiger partial charge is 0.297 e. The van der Waals surface area contributed by atoms with E-state index in [1.165, 1.54) is 0 Å². The van der Waals surface area contributed by atoms with Crippen LogP contribution in [0.5, 0.6) is 11.5 Å². The summed E-state index contributed by atoms with van der Waals surface area (Å²) >= 11 is 0. The van der Waals surface area contributed by atoms with Crippen molar-refractivity contribution in [2.45, 2.75) is 39.7 Å². The molecule has 0 aliphatic carbocycles. The SMILES string of the molecule is CCCCOc1c(O)c(=O)n(CCC)c2cc(N)ccc12. The maximum absolute atomic E-state index is 12.3. The van der Waals surface area contributed by atoms with E-state index in [-0.39, 0.29) is 11.5 Å². The molecule has 0 radical (unpaired) electrons. The molecule has 0 unspecified atom stereocenters. The molecule has 0 amide bonds. The van der Waals surface area contributed by atoms with Crippen molar-refractivity contribution in [1.29, 1.82) is 0 Å². The fourth-order valence-corrected chi connectivity index (χ4v) is 2.34. The molecule has 0 atom stereocenters. The van der Waals surface area contributed by atoms with Crippen molar-refractivity contribution in [2.75, 3.05) is 12.3 Å². The lowest BCUT2D eigenvalue weighted by Gasteiger charge is -2.15. The zero-order valence-corrected chi connectivity index (χ0v) is 12.6. The highest BCUT2D eigenvalue weighted by atomic mass is 16.5. The van der Waals surface area contributed by atoms with Crippen molar-refractivity contribution in [3.63, 3.8) is 0 Å². The Bertz CT molecular complexity index is 692. The van der Waals surface area contributed by atoms with E-state index >= 15 is 0 Å². The normalized spacial score (nSPS) is 11.0. The third-order valence-electron chi connectivity index (χ3n) is 3.41. The number of hydrogen-bond donors (Lipinski definition) is 2. The van der Waals surface area contributed by atoms with Crippen LogP contribution in [0.4, 0.5) is 5.69 Å². The molecule has 2 rings (SSSR count). The average Bonchev–Trinajstić information content (AvgIpc) is 2.47. The first-order valence-electron chi connectivity index (χ1n) is 7.37. The van der Waals surface area contributed by atoms with Crippen LogP contribution in [0.15, 0.2) is 23.0 Å². The number of unbranched alkanes of at least 4 members (excludes halogenated alkanes) is 1. The summed E-state index contributed by atoms with van der Waals surface area (Å²) in [4.78, 5) is 12.3. The largest absolute Gasteiger partial charge is 0.500 e. The van der Waals surface area contributed by atoms with E-state index in [2.05, 4.69) is 6.92 Å². The van der Waals surface area contributed by atoms with Gasteiger partial charge in [-0.3, -0.25) is 4.79 Å². The summed E-state index contributed by atoms with van der Waals surface area (Å²) in [5.74, 6) is -0.0624. The van der Waals surface area contributed by atoms with Crippen LogP contribution in [0.2, 0.25) is 0 Å². The van der Waals surface area contributed by atoms with Gasteiger partial charge >= 0.3 is 0 Å². The quantitative estimate of drug-likeness (QED) is 0.633. The fourth-order valence-electron chi connectivity index (χ4n) is 2.34. The number of aryl methyl sites for hydroxylation is 1. The van der Waals surface area contributed by atoms with E-state index < -0.39 is 5.56 Å². The van der Waals surface area contributed by atoms with Gasteiger partial charge in [-0.1, -0.05) is 20.3 Å². The molecule has 2 aromatic rings. The van der Waals surface area contributed by atoms with Gasteiger partial charge in [-0.25, -0.2) is 0 Å².